The van der Waals surface area contributed by atoms with Crippen LogP contribution in [0.3, 0.4) is 0 Å². The van der Waals surface area contributed by atoms with Gasteiger partial charge in [0, 0.05) is 17.7 Å². The predicted molar refractivity (Wildman–Crippen MR) is 127 cm³/mol. The van der Waals surface area contributed by atoms with Crippen LogP contribution in [-0.2, 0) is 17.2 Å². The SMILES string of the molecule is C[n+]1ccc(-c2ncc(-c3ccccc3)o2)c2ccccc21.Cc1ccc(S(=O)(=O)O)cc1. The maximum Gasteiger partial charge on any atom is 0.294 e. The van der Waals surface area contributed by atoms with Crippen LogP contribution >= 0.6 is 0 Å². The van der Waals surface area contributed by atoms with E-state index in [9.17, 15) is 8.42 Å². The average molecular weight is 460 g/mol. The van der Waals surface area contributed by atoms with E-state index in [1.165, 1.54) is 12.1 Å². The van der Waals surface area contributed by atoms with Gasteiger partial charge in [0.25, 0.3) is 10.1 Å². The Balaban J connectivity index is 0.000000200. The average Bonchev–Trinajstić information content (AvgIpc) is 3.30. The highest BCUT2D eigenvalue weighted by Crippen LogP contribution is 2.29. The van der Waals surface area contributed by atoms with Crippen molar-refractivity contribution in [3.63, 3.8) is 0 Å². The smallest absolute Gasteiger partial charge is 0.294 e. The summed E-state index contributed by atoms with van der Waals surface area (Å²) < 4.78 is 37.6. The molecular formula is C26H23N2O4S+. The molecule has 2 aromatic heterocycles. The van der Waals surface area contributed by atoms with Gasteiger partial charge in [0.2, 0.25) is 11.4 Å². The van der Waals surface area contributed by atoms with Gasteiger partial charge in [-0.3, -0.25) is 4.55 Å². The number of para-hydroxylation sites is 1. The Hall–Kier alpha value is -3.81. The Kier molecular flexibility index (Phi) is 6.35. The molecular weight excluding hydrogens is 436 g/mol. The third-order valence-electron chi connectivity index (χ3n) is 5.15. The van der Waals surface area contributed by atoms with Gasteiger partial charge in [-0.15, -0.1) is 0 Å². The molecule has 0 saturated heterocycles. The van der Waals surface area contributed by atoms with E-state index in [0.29, 0.717) is 5.89 Å². The number of aromatic nitrogens is 2. The van der Waals surface area contributed by atoms with Crippen molar-refractivity contribution in [3.05, 3.63) is 103 Å². The number of benzene rings is 3. The van der Waals surface area contributed by atoms with Gasteiger partial charge in [0.1, 0.15) is 7.05 Å². The number of hydrogen-bond acceptors (Lipinski definition) is 4. The van der Waals surface area contributed by atoms with Crippen LogP contribution < -0.4 is 4.57 Å². The van der Waals surface area contributed by atoms with Gasteiger partial charge in [-0.2, -0.15) is 8.42 Å². The molecule has 3 aromatic carbocycles. The zero-order valence-electron chi connectivity index (χ0n) is 18.2. The minimum absolute atomic E-state index is 0.0666. The first-order valence-electron chi connectivity index (χ1n) is 10.3. The standard InChI is InChI=1S/C19H15N2O.C7H8O3S/c1-21-12-11-16(15-9-5-6-10-17(15)21)19-20-13-18(22-19)14-7-3-2-4-8-14;1-6-2-4-7(5-3-6)11(8,9)10/h2-13H,1H3;2-5H,1H3,(H,8,9,10)/q+1;. The van der Waals surface area contributed by atoms with E-state index in [1.807, 2.05) is 68.7 Å². The summed E-state index contributed by atoms with van der Waals surface area (Å²) in [5, 5.41) is 1.13. The maximum absolute atomic E-state index is 10.5. The van der Waals surface area contributed by atoms with E-state index >= 15 is 0 Å². The number of aryl methyl sites for hydroxylation is 2. The summed E-state index contributed by atoms with van der Waals surface area (Å²) in [6.07, 6.45) is 3.82. The lowest BCUT2D eigenvalue weighted by Gasteiger charge is -2.01. The Morgan fingerprint density at radius 2 is 1.55 bits per heavy atom. The van der Waals surface area contributed by atoms with Gasteiger partial charge in [0.05, 0.1) is 22.0 Å². The fourth-order valence-electron chi connectivity index (χ4n) is 3.40. The summed E-state index contributed by atoms with van der Waals surface area (Å²) in [7, 11) is -1.98. The number of rotatable bonds is 3. The van der Waals surface area contributed by atoms with Crippen LogP contribution in [0.5, 0.6) is 0 Å². The molecule has 0 saturated carbocycles. The normalized spacial score (nSPS) is 11.1. The van der Waals surface area contributed by atoms with Gasteiger partial charge in [-0.1, -0.05) is 60.2 Å². The summed E-state index contributed by atoms with van der Waals surface area (Å²) in [5.74, 6) is 1.43. The van der Waals surface area contributed by atoms with Gasteiger partial charge in [-0.25, -0.2) is 9.55 Å². The molecule has 0 radical (unpaired) electrons. The molecule has 0 aliphatic heterocycles. The predicted octanol–water partition coefficient (Wildman–Crippen LogP) is 5.23. The van der Waals surface area contributed by atoms with Crippen molar-refractivity contribution in [2.24, 2.45) is 7.05 Å². The lowest BCUT2D eigenvalue weighted by molar-refractivity contribution is -0.644. The lowest BCUT2D eigenvalue weighted by Crippen LogP contribution is -2.28. The highest BCUT2D eigenvalue weighted by molar-refractivity contribution is 7.85. The summed E-state index contributed by atoms with van der Waals surface area (Å²) in [4.78, 5) is 4.40. The van der Waals surface area contributed by atoms with Crippen molar-refractivity contribution >= 4 is 21.0 Å². The molecule has 0 bridgehead atoms. The first-order valence-corrected chi connectivity index (χ1v) is 11.7. The Morgan fingerprint density at radius 3 is 2.24 bits per heavy atom. The third-order valence-corrected chi connectivity index (χ3v) is 6.02. The molecule has 7 heteroatoms. The van der Waals surface area contributed by atoms with Gasteiger partial charge >= 0.3 is 0 Å². The highest BCUT2D eigenvalue weighted by atomic mass is 32.2. The van der Waals surface area contributed by atoms with Crippen molar-refractivity contribution in [1.82, 2.24) is 4.98 Å². The Morgan fingerprint density at radius 1 is 0.879 bits per heavy atom. The van der Waals surface area contributed by atoms with Gasteiger partial charge in [0.15, 0.2) is 12.0 Å². The van der Waals surface area contributed by atoms with Crippen LogP contribution in [0, 0.1) is 6.92 Å². The second-order valence-electron chi connectivity index (χ2n) is 7.54. The molecule has 0 fully saturated rings. The fourth-order valence-corrected chi connectivity index (χ4v) is 3.88. The maximum atomic E-state index is 10.5. The van der Waals surface area contributed by atoms with Crippen molar-refractivity contribution in [2.75, 3.05) is 0 Å². The monoisotopic (exact) mass is 459 g/mol. The molecule has 0 atom stereocenters. The van der Waals surface area contributed by atoms with E-state index in [-0.39, 0.29) is 4.90 Å². The number of fused-ring (bicyclic) bond motifs is 1. The molecule has 0 aliphatic rings. The second kappa shape index (κ2) is 9.36. The third kappa shape index (κ3) is 5.16. The largest absolute Gasteiger partial charge is 0.436 e. The van der Waals surface area contributed by atoms with E-state index in [2.05, 4.69) is 21.7 Å². The molecule has 5 aromatic rings. The summed E-state index contributed by atoms with van der Waals surface area (Å²) in [6, 6.07) is 26.3. The molecule has 5 rings (SSSR count). The van der Waals surface area contributed by atoms with Crippen LogP contribution in [0.2, 0.25) is 0 Å². The molecule has 1 N–H and O–H groups in total. The first-order chi connectivity index (χ1) is 15.8. The molecule has 0 aliphatic carbocycles. The second-order valence-corrected chi connectivity index (χ2v) is 8.96. The van der Waals surface area contributed by atoms with Gasteiger partial charge < -0.3 is 4.42 Å². The summed E-state index contributed by atoms with van der Waals surface area (Å²) >= 11 is 0. The summed E-state index contributed by atoms with van der Waals surface area (Å²) in [6.45, 7) is 1.84. The zero-order valence-corrected chi connectivity index (χ0v) is 19.0. The van der Waals surface area contributed by atoms with Crippen LogP contribution in [0.25, 0.3) is 33.7 Å². The highest BCUT2D eigenvalue weighted by Gasteiger charge is 2.15. The van der Waals surface area contributed by atoms with Crippen LogP contribution in [0.15, 0.2) is 107 Å². The van der Waals surface area contributed by atoms with E-state index in [4.69, 9.17) is 8.97 Å². The van der Waals surface area contributed by atoms with Crippen LogP contribution in [-0.4, -0.2) is 18.0 Å². The topological polar surface area (TPSA) is 84.3 Å². The number of nitrogens with zero attached hydrogens (tertiary/aromatic N) is 2. The van der Waals surface area contributed by atoms with E-state index < -0.39 is 10.1 Å². The quantitative estimate of drug-likeness (QED) is 0.295. The van der Waals surface area contributed by atoms with Crippen LogP contribution in [0.4, 0.5) is 0 Å². The molecule has 166 valence electrons. The first kappa shape index (κ1) is 22.4. The van der Waals surface area contributed by atoms with Crippen molar-refractivity contribution in [3.8, 4) is 22.8 Å². The number of hydrogen-bond donors (Lipinski definition) is 1. The van der Waals surface area contributed by atoms with Crippen LogP contribution in [0.1, 0.15) is 5.56 Å². The Bertz CT molecular complexity index is 1490. The van der Waals surface area contributed by atoms with Crippen molar-refractivity contribution in [2.45, 2.75) is 11.8 Å². The van der Waals surface area contributed by atoms with Crippen molar-refractivity contribution in [1.29, 1.82) is 0 Å². The Labute approximate surface area is 192 Å². The molecule has 0 amide bonds. The van der Waals surface area contributed by atoms with E-state index in [1.54, 1.807) is 18.3 Å². The number of pyridine rings is 1. The minimum atomic E-state index is -4.02. The van der Waals surface area contributed by atoms with Crippen molar-refractivity contribution < 1.29 is 22.0 Å². The van der Waals surface area contributed by atoms with E-state index in [0.717, 1.165) is 33.4 Å². The molecule has 33 heavy (non-hydrogen) atoms. The zero-order chi connectivity index (χ0) is 23.4. The van der Waals surface area contributed by atoms with Gasteiger partial charge in [-0.05, 0) is 25.1 Å². The number of oxazole rings is 1. The fraction of sp³-hybridized carbons (Fsp3) is 0.0769. The molecule has 6 nitrogen and oxygen atoms in total. The minimum Gasteiger partial charge on any atom is -0.436 e. The molecule has 0 spiro atoms. The molecule has 0 unspecified atom stereocenters. The lowest BCUT2D eigenvalue weighted by atomic mass is 10.1. The molecule has 2 heterocycles. The summed E-state index contributed by atoms with van der Waals surface area (Å²) in [5.41, 5.74) is 4.15.